The number of hydrogen-bond acceptors (Lipinski definition) is 1. The standard InChI is InChI=1S/C12H15IO/c13-11-6-4-10(5-7-11)12(14)8-3-9-1-2-9/h4-7,9,12,14H,1-3,8H2. The molecule has 0 saturated heterocycles. The number of aliphatic hydroxyl groups is 1. The van der Waals surface area contributed by atoms with Crippen LogP contribution in [0, 0.1) is 9.49 Å². The monoisotopic (exact) mass is 302 g/mol. The topological polar surface area (TPSA) is 20.2 Å². The minimum atomic E-state index is -0.257. The van der Waals surface area contributed by atoms with E-state index < -0.39 is 0 Å². The molecule has 1 aromatic rings. The first-order valence-electron chi connectivity index (χ1n) is 5.19. The van der Waals surface area contributed by atoms with Gasteiger partial charge in [-0.2, -0.15) is 0 Å². The highest BCUT2D eigenvalue weighted by molar-refractivity contribution is 14.1. The van der Waals surface area contributed by atoms with Gasteiger partial charge in [0.05, 0.1) is 6.10 Å². The second-order valence-electron chi connectivity index (χ2n) is 4.09. The molecule has 2 rings (SSSR count). The summed E-state index contributed by atoms with van der Waals surface area (Å²) in [5, 5.41) is 9.89. The van der Waals surface area contributed by atoms with Gasteiger partial charge in [-0.3, -0.25) is 0 Å². The lowest BCUT2D eigenvalue weighted by Crippen LogP contribution is -1.97. The molecule has 1 aromatic carbocycles. The van der Waals surface area contributed by atoms with Crippen LogP contribution in [0.2, 0.25) is 0 Å². The lowest BCUT2D eigenvalue weighted by molar-refractivity contribution is 0.162. The summed E-state index contributed by atoms with van der Waals surface area (Å²) in [6.07, 6.45) is 4.60. The molecule has 0 radical (unpaired) electrons. The third kappa shape index (κ3) is 2.95. The molecule has 0 aliphatic heterocycles. The minimum absolute atomic E-state index is 0.257. The summed E-state index contributed by atoms with van der Waals surface area (Å²) in [6.45, 7) is 0. The molecule has 2 heteroatoms. The van der Waals surface area contributed by atoms with Crippen molar-refractivity contribution in [3.63, 3.8) is 0 Å². The van der Waals surface area contributed by atoms with Gasteiger partial charge < -0.3 is 5.11 Å². The second-order valence-corrected chi connectivity index (χ2v) is 5.33. The van der Waals surface area contributed by atoms with Gasteiger partial charge in [0.1, 0.15) is 0 Å². The highest BCUT2D eigenvalue weighted by Gasteiger charge is 2.22. The Labute approximate surface area is 98.7 Å². The molecule has 1 unspecified atom stereocenters. The fourth-order valence-electron chi connectivity index (χ4n) is 1.65. The van der Waals surface area contributed by atoms with E-state index in [0.29, 0.717) is 0 Å². The van der Waals surface area contributed by atoms with E-state index in [2.05, 4.69) is 34.7 Å². The van der Waals surface area contributed by atoms with E-state index in [4.69, 9.17) is 0 Å². The summed E-state index contributed by atoms with van der Waals surface area (Å²) in [4.78, 5) is 0. The van der Waals surface area contributed by atoms with Crippen molar-refractivity contribution < 1.29 is 5.11 Å². The molecule has 1 nitrogen and oxygen atoms in total. The minimum Gasteiger partial charge on any atom is -0.388 e. The third-order valence-corrected chi connectivity index (χ3v) is 3.52. The number of aliphatic hydroxyl groups excluding tert-OH is 1. The zero-order valence-electron chi connectivity index (χ0n) is 8.12. The summed E-state index contributed by atoms with van der Waals surface area (Å²) >= 11 is 2.28. The lowest BCUT2D eigenvalue weighted by atomic mass is 10.0. The molecule has 1 fully saturated rings. The summed E-state index contributed by atoms with van der Waals surface area (Å²) in [6, 6.07) is 8.16. The molecule has 14 heavy (non-hydrogen) atoms. The maximum Gasteiger partial charge on any atom is 0.0790 e. The van der Waals surface area contributed by atoms with E-state index >= 15 is 0 Å². The van der Waals surface area contributed by atoms with Gasteiger partial charge in [0.2, 0.25) is 0 Å². The van der Waals surface area contributed by atoms with E-state index in [1.807, 2.05) is 12.1 Å². The molecule has 0 aromatic heterocycles. The summed E-state index contributed by atoms with van der Waals surface area (Å²) < 4.78 is 1.22. The quantitative estimate of drug-likeness (QED) is 0.844. The zero-order valence-corrected chi connectivity index (χ0v) is 10.3. The van der Waals surface area contributed by atoms with Crippen molar-refractivity contribution in [2.75, 3.05) is 0 Å². The molecule has 0 amide bonds. The first-order valence-corrected chi connectivity index (χ1v) is 6.27. The summed E-state index contributed by atoms with van der Waals surface area (Å²) in [5.41, 5.74) is 1.06. The number of halogens is 1. The SMILES string of the molecule is OC(CCC1CC1)c1ccc(I)cc1. The molecule has 1 aliphatic rings. The van der Waals surface area contributed by atoms with Gasteiger partial charge >= 0.3 is 0 Å². The van der Waals surface area contributed by atoms with Gasteiger partial charge in [-0.05, 0) is 59.0 Å². The Balaban J connectivity index is 1.88. The predicted octanol–water partition coefficient (Wildman–Crippen LogP) is 3.51. The number of benzene rings is 1. The van der Waals surface area contributed by atoms with Gasteiger partial charge in [0.15, 0.2) is 0 Å². The van der Waals surface area contributed by atoms with Crippen LogP contribution in [-0.4, -0.2) is 5.11 Å². The van der Waals surface area contributed by atoms with Crippen molar-refractivity contribution in [2.45, 2.75) is 31.8 Å². The Hall–Kier alpha value is -0.0900. The van der Waals surface area contributed by atoms with Crippen molar-refractivity contribution in [3.8, 4) is 0 Å². The molecule has 0 bridgehead atoms. The van der Waals surface area contributed by atoms with Crippen LogP contribution in [0.5, 0.6) is 0 Å². The summed E-state index contributed by atoms with van der Waals surface area (Å²) in [7, 11) is 0. The Morgan fingerprint density at radius 1 is 1.29 bits per heavy atom. The van der Waals surface area contributed by atoms with Crippen molar-refractivity contribution in [3.05, 3.63) is 33.4 Å². The van der Waals surface area contributed by atoms with E-state index in [1.54, 1.807) is 0 Å². The summed E-state index contributed by atoms with van der Waals surface area (Å²) in [5.74, 6) is 0.911. The van der Waals surface area contributed by atoms with Crippen LogP contribution in [0.25, 0.3) is 0 Å². The first-order chi connectivity index (χ1) is 6.75. The predicted molar refractivity (Wildman–Crippen MR) is 66.1 cm³/mol. The molecule has 1 N–H and O–H groups in total. The maximum absolute atomic E-state index is 9.89. The Morgan fingerprint density at radius 3 is 2.50 bits per heavy atom. The van der Waals surface area contributed by atoms with Crippen LogP contribution in [0.3, 0.4) is 0 Å². The molecule has 0 spiro atoms. The van der Waals surface area contributed by atoms with E-state index in [9.17, 15) is 5.11 Å². The average Bonchev–Trinajstić information content (AvgIpc) is 2.99. The van der Waals surface area contributed by atoms with Gasteiger partial charge in [-0.1, -0.05) is 25.0 Å². The second kappa shape index (κ2) is 4.62. The van der Waals surface area contributed by atoms with Gasteiger partial charge in [-0.25, -0.2) is 0 Å². The van der Waals surface area contributed by atoms with Crippen LogP contribution < -0.4 is 0 Å². The van der Waals surface area contributed by atoms with E-state index in [0.717, 1.165) is 17.9 Å². The van der Waals surface area contributed by atoms with Crippen LogP contribution in [0.15, 0.2) is 24.3 Å². The Kier molecular flexibility index (Phi) is 3.44. The molecule has 1 aliphatic carbocycles. The lowest BCUT2D eigenvalue weighted by Gasteiger charge is -2.10. The third-order valence-electron chi connectivity index (χ3n) is 2.80. The smallest absolute Gasteiger partial charge is 0.0790 e. The highest BCUT2D eigenvalue weighted by Crippen LogP contribution is 2.35. The van der Waals surface area contributed by atoms with Crippen LogP contribution in [0.1, 0.15) is 37.4 Å². The van der Waals surface area contributed by atoms with Crippen LogP contribution in [-0.2, 0) is 0 Å². The van der Waals surface area contributed by atoms with Crippen molar-refractivity contribution in [1.29, 1.82) is 0 Å². The van der Waals surface area contributed by atoms with Crippen molar-refractivity contribution in [2.24, 2.45) is 5.92 Å². The Morgan fingerprint density at radius 2 is 1.93 bits per heavy atom. The molecular weight excluding hydrogens is 287 g/mol. The van der Waals surface area contributed by atoms with Crippen LogP contribution >= 0.6 is 22.6 Å². The fourth-order valence-corrected chi connectivity index (χ4v) is 2.01. The maximum atomic E-state index is 9.89. The number of hydrogen-bond donors (Lipinski definition) is 1. The molecular formula is C12H15IO. The van der Waals surface area contributed by atoms with E-state index in [-0.39, 0.29) is 6.10 Å². The largest absolute Gasteiger partial charge is 0.388 e. The average molecular weight is 302 g/mol. The fraction of sp³-hybridized carbons (Fsp3) is 0.500. The molecule has 1 saturated carbocycles. The molecule has 0 heterocycles. The van der Waals surface area contributed by atoms with Crippen molar-refractivity contribution >= 4 is 22.6 Å². The van der Waals surface area contributed by atoms with E-state index in [1.165, 1.54) is 22.8 Å². The Bertz CT molecular complexity index is 290. The van der Waals surface area contributed by atoms with Crippen LogP contribution in [0.4, 0.5) is 0 Å². The zero-order chi connectivity index (χ0) is 9.97. The normalized spacial score (nSPS) is 18.1. The van der Waals surface area contributed by atoms with Gasteiger partial charge in [0.25, 0.3) is 0 Å². The van der Waals surface area contributed by atoms with Gasteiger partial charge in [0, 0.05) is 3.57 Å². The number of rotatable bonds is 4. The first kappa shape index (κ1) is 10.4. The molecule has 1 atom stereocenters. The van der Waals surface area contributed by atoms with Gasteiger partial charge in [-0.15, -0.1) is 0 Å². The van der Waals surface area contributed by atoms with Crippen molar-refractivity contribution in [1.82, 2.24) is 0 Å². The molecule has 76 valence electrons. The highest BCUT2D eigenvalue weighted by atomic mass is 127.